The monoisotopic (exact) mass is 450 g/mol. The van der Waals surface area contributed by atoms with Crippen LogP contribution in [-0.2, 0) is 19.1 Å². The van der Waals surface area contributed by atoms with Gasteiger partial charge in [0.15, 0.2) is 6.61 Å². The van der Waals surface area contributed by atoms with Crippen molar-refractivity contribution in [3.63, 3.8) is 0 Å². The number of carbonyl (C=O) groups excluding carboxylic acids is 3. The van der Waals surface area contributed by atoms with Crippen LogP contribution >= 0.6 is 23.2 Å². The molecule has 30 heavy (non-hydrogen) atoms. The highest BCUT2D eigenvalue weighted by atomic mass is 35.5. The Morgan fingerprint density at radius 1 is 1.13 bits per heavy atom. The summed E-state index contributed by atoms with van der Waals surface area (Å²) < 4.78 is 10.5. The fourth-order valence-corrected chi connectivity index (χ4v) is 3.33. The molecule has 0 spiro atoms. The molecule has 1 saturated heterocycles. The largest absolute Gasteiger partial charge is 0.494 e. The number of hydrogen-bond acceptors (Lipinski definition) is 5. The highest BCUT2D eigenvalue weighted by molar-refractivity contribution is 6.42. The normalized spacial score (nSPS) is 15.8. The summed E-state index contributed by atoms with van der Waals surface area (Å²) in [5, 5.41) is 3.23. The van der Waals surface area contributed by atoms with Crippen molar-refractivity contribution in [3.05, 3.63) is 52.5 Å². The molecule has 1 aliphatic heterocycles. The quantitative estimate of drug-likeness (QED) is 0.645. The molecule has 1 aliphatic rings. The maximum atomic E-state index is 12.3. The SMILES string of the molecule is CCOc1ccc(N2C[C@@H](C(=O)OCC(=O)Nc3ccc(Cl)c(Cl)c3)CC2=O)cc1. The van der Waals surface area contributed by atoms with Crippen LogP contribution in [0.3, 0.4) is 0 Å². The van der Waals surface area contributed by atoms with E-state index in [1.54, 1.807) is 36.4 Å². The first-order valence-corrected chi connectivity index (χ1v) is 10.1. The molecule has 0 aromatic heterocycles. The molecule has 1 heterocycles. The zero-order valence-electron chi connectivity index (χ0n) is 16.2. The van der Waals surface area contributed by atoms with Crippen LogP contribution in [0.2, 0.25) is 10.0 Å². The molecule has 9 heteroatoms. The second-order valence-corrected chi connectivity index (χ2v) is 7.43. The topological polar surface area (TPSA) is 84.9 Å². The van der Waals surface area contributed by atoms with Crippen molar-refractivity contribution in [1.82, 2.24) is 0 Å². The van der Waals surface area contributed by atoms with Crippen LogP contribution in [0, 0.1) is 5.92 Å². The number of amides is 2. The van der Waals surface area contributed by atoms with Gasteiger partial charge in [0.25, 0.3) is 5.91 Å². The summed E-state index contributed by atoms with van der Waals surface area (Å²) in [6.45, 7) is 2.17. The number of nitrogens with one attached hydrogen (secondary N) is 1. The van der Waals surface area contributed by atoms with Crippen molar-refractivity contribution in [3.8, 4) is 5.75 Å². The number of halogens is 2. The van der Waals surface area contributed by atoms with E-state index in [-0.39, 0.29) is 18.9 Å². The van der Waals surface area contributed by atoms with E-state index in [0.29, 0.717) is 33.8 Å². The molecule has 0 aliphatic carbocycles. The third-order valence-corrected chi connectivity index (χ3v) is 5.21. The van der Waals surface area contributed by atoms with E-state index < -0.39 is 24.4 Å². The summed E-state index contributed by atoms with van der Waals surface area (Å²) in [5.74, 6) is -1.23. The van der Waals surface area contributed by atoms with E-state index in [2.05, 4.69) is 5.32 Å². The van der Waals surface area contributed by atoms with Crippen LogP contribution in [0.25, 0.3) is 0 Å². The van der Waals surface area contributed by atoms with Crippen molar-refractivity contribution in [2.75, 3.05) is 30.0 Å². The van der Waals surface area contributed by atoms with Crippen molar-refractivity contribution in [1.29, 1.82) is 0 Å². The van der Waals surface area contributed by atoms with Crippen molar-refractivity contribution in [2.45, 2.75) is 13.3 Å². The van der Waals surface area contributed by atoms with Gasteiger partial charge in [-0.2, -0.15) is 0 Å². The second kappa shape index (κ2) is 9.82. The first kappa shape index (κ1) is 21.9. The molecule has 158 valence electrons. The predicted octanol–water partition coefficient (Wildman–Crippen LogP) is 3.93. The molecule has 2 amide bonds. The Labute approximate surface area is 183 Å². The first-order chi connectivity index (χ1) is 14.4. The molecular formula is C21H20Cl2N2O5. The zero-order chi connectivity index (χ0) is 21.7. The smallest absolute Gasteiger partial charge is 0.311 e. The number of esters is 1. The van der Waals surface area contributed by atoms with E-state index in [0.717, 1.165) is 0 Å². The lowest BCUT2D eigenvalue weighted by Gasteiger charge is -2.17. The van der Waals surface area contributed by atoms with Gasteiger partial charge in [-0.05, 0) is 49.4 Å². The number of carbonyl (C=O) groups is 3. The Morgan fingerprint density at radius 2 is 1.87 bits per heavy atom. The van der Waals surface area contributed by atoms with Gasteiger partial charge in [-0.15, -0.1) is 0 Å². The van der Waals surface area contributed by atoms with Crippen molar-refractivity contribution in [2.24, 2.45) is 5.92 Å². The van der Waals surface area contributed by atoms with E-state index in [4.69, 9.17) is 32.7 Å². The summed E-state index contributed by atoms with van der Waals surface area (Å²) in [5.41, 5.74) is 1.11. The summed E-state index contributed by atoms with van der Waals surface area (Å²) >= 11 is 11.7. The van der Waals surface area contributed by atoms with E-state index in [9.17, 15) is 14.4 Å². The standard InChI is InChI=1S/C21H20Cl2N2O5/c1-2-29-16-6-4-15(5-7-16)25-11-13(9-20(25)27)21(28)30-12-19(26)24-14-3-8-17(22)18(23)10-14/h3-8,10,13H,2,9,11-12H2,1H3,(H,24,26)/t13-/m0/s1. The first-order valence-electron chi connectivity index (χ1n) is 9.32. The van der Waals surface area contributed by atoms with Gasteiger partial charge >= 0.3 is 5.97 Å². The van der Waals surface area contributed by atoms with Crippen LogP contribution in [-0.4, -0.2) is 37.5 Å². The highest BCUT2D eigenvalue weighted by Gasteiger charge is 2.36. The maximum absolute atomic E-state index is 12.3. The molecular weight excluding hydrogens is 431 g/mol. The molecule has 1 fully saturated rings. The zero-order valence-corrected chi connectivity index (χ0v) is 17.7. The number of ether oxygens (including phenoxy) is 2. The van der Waals surface area contributed by atoms with Gasteiger partial charge in [0.2, 0.25) is 5.91 Å². The van der Waals surface area contributed by atoms with Crippen LogP contribution in [0.1, 0.15) is 13.3 Å². The highest BCUT2D eigenvalue weighted by Crippen LogP contribution is 2.28. The van der Waals surface area contributed by atoms with E-state index in [1.165, 1.54) is 11.0 Å². The number of hydrogen-bond donors (Lipinski definition) is 1. The average Bonchev–Trinajstić information content (AvgIpc) is 3.11. The molecule has 2 aromatic rings. The second-order valence-electron chi connectivity index (χ2n) is 6.62. The van der Waals surface area contributed by atoms with E-state index >= 15 is 0 Å². The molecule has 0 radical (unpaired) electrons. The van der Waals surface area contributed by atoms with Gasteiger partial charge in [-0.25, -0.2) is 0 Å². The van der Waals surface area contributed by atoms with Gasteiger partial charge < -0.3 is 19.7 Å². The minimum Gasteiger partial charge on any atom is -0.494 e. The summed E-state index contributed by atoms with van der Waals surface area (Å²) in [6, 6.07) is 11.7. The summed E-state index contributed by atoms with van der Waals surface area (Å²) in [6.07, 6.45) is 0.0282. The van der Waals surface area contributed by atoms with Gasteiger partial charge in [0.1, 0.15) is 5.75 Å². The minimum absolute atomic E-state index is 0.0282. The number of anilines is 2. The molecule has 7 nitrogen and oxygen atoms in total. The number of rotatable bonds is 7. The third kappa shape index (κ3) is 5.43. The molecule has 1 N–H and O–H groups in total. The third-order valence-electron chi connectivity index (χ3n) is 4.47. The fourth-order valence-electron chi connectivity index (χ4n) is 3.03. The Hall–Kier alpha value is -2.77. The lowest BCUT2D eigenvalue weighted by molar-refractivity contribution is -0.151. The van der Waals surface area contributed by atoms with Gasteiger partial charge in [0.05, 0.1) is 22.6 Å². The molecule has 0 saturated carbocycles. The lowest BCUT2D eigenvalue weighted by Crippen LogP contribution is -2.28. The molecule has 1 atom stereocenters. The Bertz CT molecular complexity index is 949. The van der Waals surface area contributed by atoms with Crippen LogP contribution in [0.5, 0.6) is 5.75 Å². The summed E-state index contributed by atoms with van der Waals surface area (Å²) in [4.78, 5) is 38.2. The predicted molar refractivity (Wildman–Crippen MR) is 114 cm³/mol. The van der Waals surface area contributed by atoms with Gasteiger partial charge in [0, 0.05) is 24.3 Å². The Morgan fingerprint density at radius 3 is 2.53 bits per heavy atom. The molecule has 0 unspecified atom stereocenters. The molecule has 2 aromatic carbocycles. The van der Waals surface area contributed by atoms with Gasteiger partial charge in [-0.1, -0.05) is 23.2 Å². The van der Waals surface area contributed by atoms with Crippen molar-refractivity contribution < 1.29 is 23.9 Å². The number of nitrogens with zero attached hydrogens (tertiary/aromatic N) is 1. The van der Waals surface area contributed by atoms with Crippen LogP contribution in [0.15, 0.2) is 42.5 Å². The van der Waals surface area contributed by atoms with Crippen LogP contribution < -0.4 is 15.0 Å². The van der Waals surface area contributed by atoms with Crippen LogP contribution in [0.4, 0.5) is 11.4 Å². The number of benzene rings is 2. The Kier molecular flexibility index (Phi) is 7.18. The fraction of sp³-hybridized carbons (Fsp3) is 0.286. The molecule has 3 rings (SSSR count). The van der Waals surface area contributed by atoms with E-state index in [1.807, 2.05) is 6.92 Å². The maximum Gasteiger partial charge on any atom is 0.311 e. The average molecular weight is 451 g/mol. The summed E-state index contributed by atoms with van der Waals surface area (Å²) in [7, 11) is 0. The molecule has 0 bridgehead atoms. The Balaban J connectivity index is 1.51. The van der Waals surface area contributed by atoms with Gasteiger partial charge in [-0.3, -0.25) is 14.4 Å². The van der Waals surface area contributed by atoms with Crippen molar-refractivity contribution >= 4 is 52.4 Å². The minimum atomic E-state index is -0.637. The lowest BCUT2D eigenvalue weighted by atomic mass is 10.1.